The maximum Gasteiger partial charge on any atom is 0.264 e. The number of nitrogens with zero attached hydrogens (tertiary/aromatic N) is 6. The van der Waals surface area contributed by atoms with Crippen molar-refractivity contribution in [2.24, 2.45) is 21.4 Å². The third-order valence-corrected chi connectivity index (χ3v) is 9.27. The van der Waals surface area contributed by atoms with Gasteiger partial charge in [-0.15, -0.1) is 0 Å². The van der Waals surface area contributed by atoms with Crippen LogP contribution in [0, 0.1) is 12.8 Å². The molecule has 3 amide bonds. The van der Waals surface area contributed by atoms with Gasteiger partial charge in [0, 0.05) is 5.92 Å². The van der Waals surface area contributed by atoms with Gasteiger partial charge in [0.25, 0.3) is 17.7 Å². The minimum atomic E-state index is -0.996. The predicted molar refractivity (Wildman–Crippen MR) is 180 cm³/mol. The van der Waals surface area contributed by atoms with E-state index in [2.05, 4.69) is 16.4 Å². The molecule has 7 rings (SSSR count). The minimum absolute atomic E-state index is 0.0192. The van der Waals surface area contributed by atoms with Crippen LogP contribution in [0.2, 0.25) is 0 Å². The van der Waals surface area contributed by atoms with Crippen LogP contribution in [0.15, 0.2) is 93.8 Å². The van der Waals surface area contributed by atoms with E-state index in [1.165, 1.54) is 5.01 Å². The Hall–Kier alpha value is -5.32. The second-order valence-corrected chi connectivity index (χ2v) is 12.4. The molecule has 1 saturated heterocycles. The average molecular weight is 647 g/mol. The fraction of sp³-hybridized carbons (Fsp3) is 0.351. The van der Waals surface area contributed by atoms with E-state index < -0.39 is 23.9 Å². The van der Waals surface area contributed by atoms with Gasteiger partial charge in [0.2, 0.25) is 0 Å². The highest BCUT2D eigenvalue weighted by Gasteiger charge is 2.55. The van der Waals surface area contributed by atoms with Gasteiger partial charge >= 0.3 is 0 Å². The van der Waals surface area contributed by atoms with E-state index in [1.54, 1.807) is 17.1 Å². The number of ether oxygens (including phenoxy) is 2. The molecule has 0 aromatic heterocycles. The van der Waals surface area contributed by atoms with Gasteiger partial charge in [-0.1, -0.05) is 47.2 Å². The Morgan fingerprint density at radius 1 is 0.875 bits per heavy atom. The van der Waals surface area contributed by atoms with Crippen LogP contribution in [0.4, 0.5) is 5.69 Å². The Morgan fingerprint density at radius 2 is 1.54 bits per heavy atom. The monoisotopic (exact) mass is 646 g/mol. The molecule has 11 nitrogen and oxygen atoms in total. The Balaban J connectivity index is 1.18. The van der Waals surface area contributed by atoms with Crippen molar-refractivity contribution >= 4 is 35.2 Å². The second kappa shape index (κ2) is 13.1. The molecule has 48 heavy (non-hydrogen) atoms. The highest BCUT2D eigenvalue weighted by atomic mass is 16.5. The van der Waals surface area contributed by atoms with E-state index in [0.29, 0.717) is 18.9 Å². The molecule has 0 unspecified atom stereocenters. The summed E-state index contributed by atoms with van der Waals surface area (Å²) < 4.78 is 11.3. The Kier molecular flexibility index (Phi) is 8.51. The van der Waals surface area contributed by atoms with Crippen molar-refractivity contribution in [3.63, 3.8) is 0 Å². The van der Waals surface area contributed by atoms with E-state index >= 15 is 0 Å². The number of hydrogen-bond acceptors (Lipinski definition) is 9. The fourth-order valence-corrected chi connectivity index (χ4v) is 7.01. The summed E-state index contributed by atoms with van der Waals surface area (Å²) in [6, 6.07) is 20.6. The highest BCUT2D eigenvalue weighted by Crippen LogP contribution is 2.45. The number of allylic oxidation sites excluding steroid dienone is 1. The molecule has 2 fully saturated rings. The number of imide groups is 1. The molecule has 11 heteroatoms. The van der Waals surface area contributed by atoms with Crippen LogP contribution < -0.4 is 14.4 Å². The number of fused-ring (bicyclic) bond motifs is 2. The summed E-state index contributed by atoms with van der Waals surface area (Å²) in [5.74, 6) is 0.327. The van der Waals surface area contributed by atoms with Crippen molar-refractivity contribution in [3.05, 3.63) is 95.1 Å². The minimum Gasteiger partial charge on any atom is -0.494 e. The van der Waals surface area contributed by atoms with Crippen LogP contribution >= 0.6 is 0 Å². The van der Waals surface area contributed by atoms with Crippen LogP contribution in [-0.4, -0.2) is 65.3 Å². The summed E-state index contributed by atoms with van der Waals surface area (Å²) in [5, 5.41) is 16.2. The zero-order valence-electron chi connectivity index (χ0n) is 27.3. The molecular weight excluding hydrogens is 608 g/mol. The lowest BCUT2D eigenvalue weighted by Crippen LogP contribution is -2.45. The van der Waals surface area contributed by atoms with Crippen LogP contribution in [-0.2, 0) is 14.4 Å². The number of carbonyl (C=O) groups is 3. The van der Waals surface area contributed by atoms with Crippen molar-refractivity contribution < 1.29 is 23.9 Å². The number of aryl methyl sites for hydroxylation is 1. The van der Waals surface area contributed by atoms with E-state index in [0.717, 1.165) is 63.6 Å². The normalized spacial score (nSPS) is 23.9. The first-order valence-electron chi connectivity index (χ1n) is 16.5. The summed E-state index contributed by atoms with van der Waals surface area (Å²) >= 11 is 0. The lowest BCUT2D eigenvalue weighted by Gasteiger charge is -2.30. The van der Waals surface area contributed by atoms with Crippen molar-refractivity contribution in [1.29, 1.82) is 0 Å². The molecule has 246 valence electrons. The quantitative estimate of drug-likeness (QED) is 0.267. The van der Waals surface area contributed by atoms with Crippen LogP contribution in [0.1, 0.15) is 55.8 Å². The van der Waals surface area contributed by atoms with E-state index in [1.807, 2.05) is 81.4 Å². The topological polar surface area (TPSA) is 116 Å². The zero-order valence-corrected chi connectivity index (χ0v) is 27.3. The smallest absolute Gasteiger partial charge is 0.264 e. The Morgan fingerprint density at radius 3 is 2.21 bits per heavy atom. The van der Waals surface area contributed by atoms with Crippen molar-refractivity contribution in [1.82, 2.24) is 10.0 Å². The van der Waals surface area contributed by atoms with Crippen LogP contribution in [0.5, 0.6) is 11.5 Å². The number of carbonyl (C=O) groups excluding carboxylic acids is 3. The van der Waals surface area contributed by atoms with Crippen molar-refractivity contribution in [2.45, 2.75) is 58.2 Å². The summed E-state index contributed by atoms with van der Waals surface area (Å²) in [6.07, 6.45) is 4.81. The molecule has 3 aliphatic heterocycles. The molecule has 3 aromatic carbocycles. The van der Waals surface area contributed by atoms with E-state index in [-0.39, 0.29) is 24.4 Å². The molecule has 3 heterocycles. The van der Waals surface area contributed by atoms with Gasteiger partial charge in [0.05, 0.1) is 30.7 Å². The lowest BCUT2D eigenvalue weighted by atomic mass is 9.77. The van der Waals surface area contributed by atoms with Gasteiger partial charge in [-0.2, -0.15) is 10.2 Å². The number of amides is 3. The van der Waals surface area contributed by atoms with Gasteiger partial charge in [-0.25, -0.2) is 9.91 Å². The Bertz CT molecular complexity index is 1800. The predicted octanol–water partition coefficient (Wildman–Crippen LogP) is 5.91. The van der Waals surface area contributed by atoms with E-state index in [4.69, 9.17) is 14.6 Å². The first-order chi connectivity index (χ1) is 23.4. The molecule has 4 aliphatic rings. The second-order valence-electron chi connectivity index (χ2n) is 12.4. The van der Waals surface area contributed by atoms with Gasteiger partial charge in [0.15, 0.2) is 12.1 Å². The number of benzene rings is 3. The molecule has 3 aromatic rings. The van der Waals surface area contributed by atoms with Crippen LogP contribution in [0.25, 0.3) is 6.08 Å². The molecule has 1 saturated carbocycles. The number of anilines is 1. The lowest BCUT2D eigenvalue weighted by molar-refractivity contribution is -0.136. The molecule has 0 bridgehead atoms. The molecule has 4 atom stereocenters. The molecule has 0 spiro atoms. The SMILES string of the molecule is CCOc1ccc(/C=C2\CCC[C@@H]3C2=NN(C(=O)CN2N=N[C@@H]4C(=O)N(c5ccc(C)cc5)C(=O)[C@H]42)[C@H]3c2ccc(OCC)cc2)cc1. The molecule has 0 radical (unpaired) electrons. The number of hydrogen-bond donors (Lipinski definition) is 0. The summed E-state index contributed by atoms with van der Waals surface area (Å²) in [5.41, 5.74) is 5.44. The van der Waals surface area contributed by atoms with Gasteiger partial charge in [-0.3, -0.25) is 19.4 Å². The van der Waals surface area contributed by atoms with Crippen molar-refractivity contribution in [2.75, 3.05) is 24.7 Å². The van der Waals surface area contributed by atoms with Gasteiger partial charge < -0.3 is 9.47 Å². The molecular formula is C37H38N6O5. The Labute approximate surface area is 279 Å². The average Bonchev–Trinajstić information content (AvgIpc) is 3.76. The first-order valence-corrected chi connectivity index (χ1v) is 16.5. The molecule has 1 aliphatic carbocycles. The maximum atomic E-state index is 14.2. The summed E-state index contributed by atoms with van der Waals surface area (Å²) in [7, 11) is 0. The largest absolute Gasteiger partial charge is 0.494 e. The molecule has 0 N–H and O–H groups in total. The van der Waals surface area contributed by atoms with Gasteiger partial charge in [-0.05, 0) is 99.2 Å². The maximum absolute atomic E-state index is 14.2. The van der Waals surface area contributed by atoms with Gasteiger partial charge in [0.1, 0.15) is 18.0 Å². The fourth-order valence-electron chi connectivity index (χ4n) is 7.01. The number of rotatable bonds is 9. The standard InChI is InChI=1S/C37H38N6O5/c1-4-47-28-17-11-24(12-18-28)21-26-7-6-8-30-32(26)39-43(34(30)25-13-19-29(20-14-25)48-5-2)31(44)22-41-35-33(38-40-41)36(45)42(37(35)46)27-15-9-23(3)10-16-27/h9-21,30,33-35H,4-8,22H2,1-3H3/b26-21+/t30-,33+,34+,35+/m1/s1. The van der Waals surface area contributed by atoms with E-state index in [9.17, 15) is 14.4 Å². The third-order valence-electron chi connectivity index (χ3n) is 9.27. The summed E-state index contributed by atoms with van der Waals surface area (Å²) in [6.45, 7) is 6.74. The van der Waals surface area contributed by atoms with Crippen molar-refractivity contribution in [3.8, 4) is 11.5 Å². The summed E-state index contributed by atoms with van der Waals surface area (Å²) in [4.78, 5) is 42.3. The zero-order chi connectivity index (χ0) is 33.4. The van der Waals surface area contributed by atoms with Crippen LogP contribution in [0.3, 0.4) is 0 Å². The number of hydrazone groups is 1. The highest BCUT2D eigenvalue weighted by molar-refractivity contribution is 6.25. The third kappa shape index (κ3) is 5.74. The first kappa shape index (κ1) is 31.3.